The normalized spacial score (nSPS) is 19.4. The first-order valence-corrected chi connectivity index (χ1v) is 6.51. The summed E-state index contributed by atoms with van der Waals surface area (Å²) in [5.41, 5.74) is -0.852. The molecule has 1 heterocycles. The van der Waals surface area contributed by atoms with Gasteiger partial charge in [-0.2, -0.15) is 0 Å². The highest BCUT2D eigenvalue weighted by Crippen LogP contribution is 2.27. The molecule has 0 amide bonds. The van der Waals surface area contributed by atoms with E-state index in [2.05, 4.69) is 11.2 Å². The molecule has 0 fully saturated rings. The Labute approximate surface area is 119 Å². The number of hydrogen-bond acceptors (Lipinski definition) is 3. The molecule has 1 aliphatic rings. The van der Waals surface area contributed by atoms with Gasteiger partial charge in [-0.1, -0.05) is 19.8 Å². The zero-order chi connectivity index (χ0) is 15.5. The summed E-state index contributed by atoms with van der Waals surface area (Å²) in [5, 5.41) is 12.4. The van der Waals surface area contributed by atoms with Crippen LogP contribution in [0.1, 0.15) is 27.7 Å². The molecule has 4 nitrogen and oxygen atoms in total. The summed E-state index contributed by atoms with van der Waals surface area (Å²) in [6, 6.07) is 0. The van der Waals surface area contributed by atoms with Crippen molar-refractivity contribution in [2.45, 2.75) is 39.4 Å². The van der Waals surface area contributed by atoms with E-state index in [1.165, 1.54) is 11.1 Å². The summed E-state index contributed by atoms with van der Waals surface area (Å²) in [5.74, 6) is 1.12. The molecule has 0 bridgehead atoms. The fourth-order valence-corrected chi connectivity index (χ4v) is 1.91. The monoisotopic (exact) mass is 280 g/mol. The summed E-state index contributed by atoms with van der Waals surface area (Å²) in [7, 11) is 0. The van der Waals surface area contributed by atoms with E-state index in [1.807, 2.05) is 13.8 Å². The predicted octanol–water partition coefficient (Wildman–Crippen LogP) is 2.11. The number of rotatable bonds is 5. The lowest BCUT2D eigenvalue weighted by atomic mass is 9.98. The molecule has 1 unspecified atom stereocenters. The van der Waals surface area contributed by atoms with Crippen LogP contribution < -0.4 is 5.32 Å². The Hall–Kier alpha value is -1.80. The molecular formula is C15H21FN2O2. The lowest BCUT2D eigenvalue weighted by Gasteiger charge is -2.42. The van der Waals surface area contributed by atoms with E-state index in [1.54, 1.807) is 13.8 Å². The lowest BCUT2D eigenvalue weighted by Crippen LogP contribution is -2.55. The second-order valence-electron chi connectivity index (χ2n) is 5.73. The smallest absolute Gasteiger partial charge is 0.335 e. The van der Waals surface area contributed by atoms with Gasteiger partial charge in [0.2, 0.25) is 0 Å². The fraction of sp³-hybridized carbons (Fsp3) is 0.533. The Bertz CT molecular complexity index is 487. The molecule has 0 aromatic rings. The van der Waals surface area contributed by atoms with E-state index in [9.17, 15) is 14.3 Å². The number of carbonyl (C=O) groups is 1. The highest BCUT2D eigenvalue weighted by Gasteiger charge is 2.36. The molecule has 0 aromatic heterocycles. The molecule has 0 spiro atoms. The average molecular weight is 280 g/mol. The Balaban J connectivity index is 3.16. The Morgan fingerprint density at radius 3 is 2.70 bits per heavy atom. The molecule has 0 saturated heterocycles. The van der Waals surface area contributed by atoms with Gasteiger partial charge < -0.3 is 10.0 Å². The van der Waals surface area contributed by atoms with Crippen LogP contribution in [0.4, 0.5) is 4.39 Å². The number of hydrogen-bond donors (Lipinski definition) is 2. The van der Waals surface area contributed by atoms with E-state index in [-0.39, 0.29) is 5.57 Å². The van der Waals surface area contributed by atoms with Crippen LogP contribution in [0.2, 0.25) is 0 Å². The van der Waals surface area contributed by atoms with Crippen molar-refractivity contribution in [2.75, 3.05) is 6.54 Å². The van der Waals surface area contributed by atoms with Gasteiger partial charge in [0.1, 0.15) is 12.0 Å². The molecule has 5 heteroatoms. The summed E-state index contributed by atoms with van der Waals surface area (Å²) in [4.78, 5) is 12.9. The number of carboxylic acid groups (broad SMARTS) is 1. The molecule has 0 aliphatic carbocycles. The van der Waals surface area contributed by atoms with Crippen LogP contribution in [0.5, 0.6) is 0 Å². The van der Waals surface area contributed by atoms with Gasteiger partial charge in [0.25, 0.3) is 0 Å². The average Bonchev–Trinajstić information content (AvgIpc) is 2.35. The van der Waals surface area contributed by atoms with Gasteiger partial charge in [-0.25, -0.2) is 9.18 Å². The minimum absolute atomic E-state index is 0.0472. The third kappa shape index (κ3) is 3.61. The quantitative estimate of drug-likeness (QED) is 0.757. The number of nitrogens with zero attached hydrogens (tertiary/aromatic N) is 1. The minimum atomic E-state index is -1.16. The summed E-state index contributed by atoms with van der Waals surface area (Å²) in [6.45, 7) is 8.10. The maximum absolute atomic E-state index is 13.7. The van der Waals surface area contributed by atoms with Crippen LogP contribution in [-0.4, -0.2) is 34.2 Å². The van der Waals surface area contributed by atoms with Crippen molar-refractivity contribution >= 4 is 5.97 Å². The largest absolute Gasteiger partial charge is 0.478 e. The van der Waals surface area contributed by atoms with Crippen molar-refractivity contribution in [2.24, 2.45) is 5.92 Å². The van der Waals surface area contributed by atoms with Crippen LogP contribution in [0.3, 0.4) is 0 Å². The molecule has 0 saturated carbocycles. The number of terminal acetylenes is 1. The Morgan fingerprint density at radius 1 is 1.65 bits per heavy atom. The second-order valence-corrected chi connectivity index (χ2v) is 5.73. The molecule has 1 atom stereocenters. The lowest BCUT2D eigenvalue weighted by molar-refractivity contribution is -0.133. The summed E-state index contributed by atoms with van der Waals surface area (Å²) in [6.07, 6.45) is 7.12. The van der Waals surface area contributed by atoms with Gasteiger partial charge in [-0.15, -0.1) is 6.42 Å². The van der Waals surface area contributed by atoms with E-state index in [4.69, 9.17) is 6.42 Å². The fourth-order valence-electron chi connectivity index (χ4n) is 1.91. The molecule has 20 heavy (non-hydrogen) atoms. The van der Waals surface area contributed by atoms with Crippen LogP contribution >= 0.6 is 0 Å². The number of halogens is 1. The van der Waals surface area contributed by atoms with Gasteiger partial charge in [-0.05, 0) is 32.4 Å². The Morgan fingerprint density at radius 2 is 2.25 bits per heavy atom. The zero-order valence-electron chi connectivity index (χ0n) is 12.3. The Kier molecular flexibility index (Phi) is 4.96. The number of carboxylic acids is 1. The maximum atomic E-state index is 13.7. The van der Waals surface area contributed by atoms with Gasteiger partial charge in [-0.3, -0.25) is 5.32 Å². The summed E-state index contributed by atoms with van der Waals surface area (Å²) >= 11 is 0. The minimum Gasteiger partial charge on any atom is -0.478 e. The molecule has 2 N–H and O–H groups in total. The number of aliphatic carboxylic acids is 1. The SMILES string of the molecule is C#CC(C)(C)N1C=C(F)C=C(C(=O)O)C1NCC(C)C. The molecule has 110 valence electrons. The van der Waals surface area contributed by atoms with Crippen molar-refractivity contribution in [3.05, 3.63) is 23.7 Å². The summed E-state index contributed by atoms with van der Waals surface area (Å²) < 4.78 is 13.7. The van der Waals surface area contributed by atoms with Crippen LogP contribution in [-0.2, 0) is 4.79 Å². The molecule has 1 aliphatic heterocycles. The maximum Gasteiger partial charge on any atom is 0.335 e. The number of nitrogens with one attached hydrogen (secondary N) is 1. The molecule has 0 radical (unpaired) electrons. The predicted molar refractivity (Wildman–Crippen MR) is 76.3 cm³/mol. The molecule has 0 aromatic carbocycles. The number of allylic oxidation sites excluding steroid dienone is 2. The highest BCUT2D eigenvalue weighted by molar-refractivity contribution is 5.89. The first-order chi connectivity index (χ1) is 9.19. The topological polar surface area (TPSA) is 52.6 Å². The first-order valence-electron chi connectivity index (χ1n) is 6.51. The van der Waals surface area contributed by atoms with E-state index >= 15 is 0 Å². The van der Waals surface area contributed by atoms with Crippen molar-refractivity contribution in [3.63, 3.8) is 0 Å². The standard InChI is InChI=1S/C15H21FN2O2/c1-6-15(4,5)18-9-11(16)7-12(14(19)20)13(18)17-8-10(2)3/h1,7,9-10,13,17H,8H2,2-5H3,(H,19,20). The first kappa shape index (κ1) is 16.3. The molecular weight excluding hydrogens is 259 g/mol. The van der Waals surface area contributed by atoms with Crippen LogP contribution in [0.25, 0.3) is 0 Å². The van der Waals surface area contributed by atoms with Crippen molar-refractivity contribution in [3.8, 4) is 12.3 Å². The van der Waals surface area contributed by atoms with E-state index < -0.39 is 23.5 Å². The van der Waals surface area contributed by atoms with E-state index in [0.29, 0.717) is 12.5 Å². The van der Waals surface area contributed by atoms with Crippen molar-refractivity contribution in [1.82, 2.24) is 10.2 Å². The van der Waals surface area contributed by atoms with Crippen LogP contribution in [0.15, 0.2) is 23.7 Å². The third-order valence-corrected chi connectivity index (χ3v) is 3.09. The zero-order valence-corrected chi connectivity index (χ0v) is 12.3. The van der Waals surface area contributed by atoms with Gasteiger partial charge >= 0.3 is 5.97 Å². The van der Waals surface area contributed by atoms with Gasteiger partial charge in [0.15, 0.2) is 0 Å². The molecule has 1 rings (SSSR count). The highest BCUT2D eigenvalue weighted by atomic mass is 19.1. The van der Waals surface area contributed by atoms with Gasteiger partial charge in [0.05, 0.1) is 11.1 Å². The third-order valence-electron chi connectivity index (χ3n) is 3.09. The van der Waals surface area contributed by atoms with Crippen LogP contribution in [0, 0.1) is 18.3 Å². The van der Waals surface area contributed by atoms with E-state index in [0.717, 1.165) is 6.08 Å². The van der Waals surface area contributed by atoms with Crippen molar-refractivity contribution in [1.29, 1.82) is 0 Å². The van der Waals surface area contributed by atoms with Crippen molar-refractivity contribution < 1.29 is 14.3 Å². The second kappa shape index (κ2) is 6.10. The van der Waals surface area contributed by atoms with Gasteiger partial charge in [0, 0.05) is 6.20 Å².